The smallest absolute Gasteiger partial charge is 0.218 e. The Morgan fingerprint density at radius 1 is 0.867 bits per heavy atom. The van der Waals surface area contributed by atoms with Crippen LogP contribution in [0.25, 0.3) is 0 Å². The maximum Gasteiger partial charge on any atom is 0.218 e. The van der Waals surface area contributed by atoms with Crippen molar-refractivity contribution in [3.05, 3.63) is 0 Å². The summed E-state index contributed by atoms with van der Waals surface area (Å²) in [6.07, 6.45) is 6.87. The molecule has 0 spiro atoms. The Hall–Kier alpha value is -0.120. The lowest BCUT2D eigenvalue weighted by Gasteiger charge is -2.57. The third-order valence-electron chi connectivity index (χ3n) is 4.58. The van der Waals surface area contributed by atoms with E-state index in [1.165, 1.54) is 32.1 Å². The molecule has 4 aliphatic rings. The number of nitrogens with zero attached hydrogens (tertiary/aromatic N) is 1. The molecule has 2 saturated heterocycles. The van der Waals surface area contributed by atoms with E-state index in [2.05, 4.69) is 4.90 Å². The Balaban J connectivity index is 1.79. The van der Waals surface area contributed by atoms with Crippen LogP contribution in [0, 0.1) is 11.8 Å². The first kappa shape index (κ1) is 10.1. The van der Waals surface area contributed by atoms with Gasteiger partial charge in [0.05, 0.1) is 0 Å². The molecule has 0 aromatic carbocycles. The fraction of sp³-hybridized carbons (Fsp3) is 1.00. The summed E-state index contributed by atoms with van der Waals surface area (Å²) in [5.41, 5.74) is 0. The average molecular weight is 211 g/mol. The van der Waals surface area contributed by atoms with Crippen molar-refractivity contribution >= 4 is 0 Å². The lowest BCUT2D eigenvalue weighted by atomic mass is 9.64. The van der Waals surface area contributed by atoms with Crippen molar-refractivity contribution < 1.29 is 9.47 Å². The van der Waals surface area contributed by atoms with Gasteiger partial charge in [0.1, 0.15) is 0 Å². The summed E-state index contributed by atoms with van der Waals surface area (Å²) in [6, 6.07) is 1.46. The molecule has 0 aromatic heterocycles. The fourth-order valence-electron chi connectivity index (χ4n) is 4.25. The first-order valence-corrected chi connectivity index (χ1v) is 6.14. The minimum absolute atomic E-state index is 0.111. The van der Waals surface area contributed by atoms with Gasteiger partial charge in [-0.1, -0.05) is 0 Å². The summed E-state index contributed by atoms with van der Waals surface area (Å²) < 4.78 is 10.9. The van der Waals surface area contributed by atoms with Gasteiger partial charge in [-0.3, -0.25) is 0 Å². The van der Waals surface area contributed by atoms with Gasteiger partial charge in [-0.15, -0.1) is 0 Å². The fourth-order valence-corrected chi connectivity index (χ4v) is 4.25. The van der Waals surface area contributed by atoms with Crippen LogP contribution in [0.4, 0.5) is 0 Å². The van der Waals surface area contributed by atoms with Crippen LogP contribution in [0.1, 0.15) is 32.1 Å². The zero-order valence-electron chi connectivity index (χ0n) is 9.69. The number of piperidine rings is 2. The van der Waals surface area contributed by atoms with Crippen molar-refractivity contribution in [2.45, 2.75) is 50.6 Å². The minimum Gasteiger partial charge on any atom is -0.343 e. The maximum atomic E-state index is 5.43. The molecule has 2 saturated carbocycles. The summed E-state index contributed by atoms with van der Waals surface area (Å²) in [6.45, 7) is 0. The molecule has 0 N–H and O–H groups in total. The summed E-state index contributed by atoms with van der Waals surface area (Å²) in [5.74, 6) is 2.00. The Kier molecular flexibility index (Phi) is 2.49. The summed E-state index contributed by atoms with van der Waals surface area (Å²) in [4.78, 5) is 2.49. The molecule has 0 atom stereocenters. The highest BCUT2D eigenvalue weighted by Crippen LogP contribution is 2.49. The molecule has 0 amide bonds. The van der Waals surface area contributed by atoms with Crippen molar-refractivity contribution in [1.82, 2.24) is 4.90 Å². The molecule has 2 aliphatic heterocycles. The normalized spacial score (nSPS) is 44.2. The molecule has 0 aromatic rings. The Morgan fingerprint density at radius 2 is 1.33 bits per heavy atom. The third-order valence-corrected chi connectivity index (χ3v) is 4.58. The lowest BCUT2D eigenvalue weighted by Crippen LogP contribution is -2.61. The number of rotatable bonds is 3. The van der Waals surface area contributed by atoms with Gasteiger partial charge in [0.2, 0.25) is 6.41 Å². The molecular weight excluding hydrogens is 190 g/mol. The Labute approximate surface area is 91.7 Å². The van der Waals surface area contributed by atoms with Crippen molar-refractivity contribution in [2.24, 2.45) is 11.8 Å². The highest BCUT2D eigenvalue weighted by atomic mass is 16.7. The molecule has 3 nitrogen and oxygen atoms in total. The molecule has 4 rings (SSSR count). The van der Waals surface area contributed by atoms with Crippen molar-refractivity contribution in [1.29, 1.82) is 0 Å². The molecule has 0 radical (unpaired) electrons. The lowest BCUT2D eigenvalue weighted by molar-refractivity contribution is -0.253. The number of methoxy groups -OCH3 is 2. The van der Waals surface area contributed by atoms with Crippen LogP contribution >= 0.6 is 0 Å². The zero-order chi connectivity index (χ0) is 10.4. The van der Waals surface area contributed by atoms with Crippen LogP contribution in [-0.2, 0) is 9.47 Å². The quantitative estimate of drug-likeness (QED) is 0.665. The Morgan fingerprint density at radius 3 is 1.73 bits per heavy atom. The largest absolute Gasteiger partial charge is 0.343 e. The second-order valence-corrected chi connectivity index (χ2v) is 5.44. The van der Waals surface area contributed by atoms with Crippen LogP contribution < -0.4 is 0 Å². The van der Waals surface area contributed by atoms with Gasteiger partial charge >= 0.3 is 0 Å². The molecule has 2 heterocycles. The van der Waals surface area contributed by atoms with Crippen LogP contribution in [0.2, 0.25) is 0 Å². The zero-order valence-corrected chi connectivity index (χ0v) is 9.69. The van der Waals surface area contributed by atoms with Gasteiger partial charge in [-0.2, -0.15) is 0 Å². The minimum atomic E-state index is -0.111. The molecule has 15 heavy (non-hydrogen) atoms. The van der Waals surface area contributed by atoms with E-state index in [1.54, 1.807) is 14.2 Å². The first-order chi connectivity index (χ1) is 7.31. The standard InChI is InChI=1S/C12H21NO2/c1-14-12(15-2)13-10-4-8-3-9(6-10)7-11(13)5-8/h8-12H,3-7H2,1-2H3. The van der Waals surface area contributed by atoms with Gasteiger partial charge in [0.25, 0.3) is 0 Å². The second kappa shape index (κ2) is 3.72. The second-order valence-electron chi connectivity index (χ2n) is 5.44. The number of ether oxygens (including phenoxy) is 2. The van der Waals surface area contributed by atoms with Crippen LogP contribution in [0.3, 0.4) is 0 Å². The monoisotopic (exact) mass is 211 g/mol. The van der Waals surface area contributed by atoms with Gasteiger partial charge < -0.3 is 9.47 Å². The van der Waals surface area contributed by atoms with E-state index in [-0.39, 0.29) is 6.41 Å². The van der Waals surface area contributed by atoms with Crippen molar-refractivity contribution in [3.8, 4) is 0 Å². The van der Waals surface area contributed by atoms with E-state index >= 15 is 0 Å². The van der Waals surface area contributed by atoms with E-state index in [9.17, 15) is 0 Å². The van der Waals surface area contributed by atoms with Crippen LogP contribution in [0.5, 0.6) is 0 Å². The van der Waals surface area contributed by atoms with Gasteiger partial charge in [0.15, 0.2) is 0 Å². The molecule has 86 valence electrons. The molecule has 3 heteroatoms. The Bertz CT molecular complexity index is 212. The molecule has 4 fully saturated rings. The van der Waals surface area contributed by atoms with Gasteiger partial charge in [0, 0.05) is 26.3 Å². The topological polar surface area (TPSA) is 21.7 Å². The molecule has 0 unspecified atom stereocenters. The first-order valence-electron chi connectivity index (χ1n) is 6.14. The van der Waals surface area contributed by atoms with E-state index in [1.807, 2.05) is 0 Å². The summed E-state index contributed by atoms with van der Waals surface area (Å²) >= 11 is 0. The maximum absolute atomic E-state index is 5.43. The van der Waals surface area contributed by atoms with Crippen molar-refractivity contribution in [3.63, 3.8) is 0 Å². The van der Waals surface area contributed by atoms with Gasteiger partial charge in [-0.25, -0.2) is 4.90 Å². The van der Waals surface area contributed by atoms with E-state index in [0.717, 1.165) is 23.9 Å². The van der Waals surface area contributed by atoms with Gasteiger partial charge in [-0.05, 0) is 43.9 Å². The van der Waals surface area contributed by atoms with E-state index < -0.39 is 0 Å². The predicted molar refractivity (Wildman–Crippen MR) is 57.3 cm³/mol. The average Bonchev–Trinajstić information content (AvgIpc) is 2.22. The third kappa shape index (κ3) is 1.52. The summed E-state index contributed by atoms with van der Waals surface area (Å²) in [5, 5.41) is 0. The van der Waals surface area contributed by atoms with Crippen LogP contribution in [-0.4, -0.2) is 37.6 Å². The molecule has 4 bridgehead atoms. The highest BCUT2D eigenvalue weighted by Gasteiger charge is 2.49. The van der Waals surface area contributed by atoms with Crippen LogP contribution in [0.15, 0.2) is 0 Å². The number of hydrogen-bond acceptors (Lipinski definition) is 3. The predicted octanol–water partition coefficient (Wildman–Crippen LogP) is 1.83. The molecular formula is C12H21NO2. The number of hydrogen-bond donors (Lipinski definition) is 0. The van der Waals surface area contributed by atoms with E-state index in [4.69, 9.17) is 9.47 Å². The molecule has 2 aliphatic carbocycles. The van der Waals surface area contributed by atoms with E-state index in [0.29, 0.717) is 0 Å². The SMILES string of the molecule is COC(OC)N1C2CC3CC(C2)CC1C3. The summed E-state index contributed by atoms with van der Waals surface area (Å²) in [7, 11) is 3.50. The van der Waals surface area contributed by atoms with Crippen molar-refractivity contribution in [2.75, 3.05) is 14.2 Å². The highest BCUT2D eigenvalue weighted by molar-refractivity contribution is 5.00.